The third-order valence-electron chi connectivity index (χ3n) is 3.73. The van der Waals surface area contributed by atoms with Crippen molar-refractivity contribution in [3.63, 3.8) is 0 Å². The van der Waals surface area contributed by atoms with E-state index in [1.807, 2.05) is 18.2 Å². The van der Waals surface area contributed by atoms with Gasteiger partial charge in [-0.1, -0.05) is 47.6 Å². The zero-order chi connectivity index (χ0) is 17.8. The van der Waals surface area contributed by atoms with E-state index in [1.54, 1.807) is 12.1 Å². The van der Waals surface area contributed by atoms with Crippen LogP contribution in [-0.2, 0) is 6.42 Å². The van der Waals surface area contributed by atoms with Gasteiger partial charge >= 0.3 is 0 Å². The van der Waals surface area contributed by atoms with Crippen molar-refractivity contribution in [1.82, 2.24) is 10.5 Å². The van der Waals surface area contributed by atoms with Crippen LogP contribution in [0.5, 0.6) is 0 Å². The van der Waals surface area contributed by atoms with Crippen LogP contribution in [-0.4, -0.2) is 23.9 Å². The van der Waals surface area contributed by atoms with Crippen LogP contribution in [0.3, 0.4) is 0 Å². The van der Waals surface area contributed by atoms with Gasteiger partial charge in [0, 0.05) is 18.2 Å². The second-order valence-electron chi connectivity index (χ2n) is 5.38. The van der Waals surface area contributed by atoms with Gasteiger partial charge in [-0.25, -0.2) is 4.39 Å². The topological polar surface area (TPSA) is 72.2 Å². The van der Waals surface area contributed by atoms with Crippen LogP contribution in [0, 0.1) is 5.82 Å². The molecule has 0 aliphatic heterocycles. The lowest BCUT2D eigenvalue weighted by Gasteiger charge is -2.03. The Morgan fingerprint density at radius 3 is 2.56 bits per heavy atom. The molecule has 0 aliphatic carbocycles. The number of nitrogens with zero attached hydrogens (tertiary/aromatic N) is 1. The second kappa shape index (κ2) is 7.09. The summed E-state index contributed by atoms with van der Waals surface area (Å²) in [5.74, 6) is -1.12. The molecule has 1 aromatic heterocycles. The van der Waals surface area contributed by atoms with Crippen LogP contribution in [0.1, 0.15) is 26.5 Å². The number of nitrogens with one attached hydrogen (secondary N) is 1. The summed E-state index contributed by atoms with van der Waals surface area (Å²) in [5, 5.41) is 6.49. The van der Waals surface area contributed by atoms with E-state index in [4.69, 9.17) is 4.52 Å². The first kappa shape index (κ1) is 16.6. The fourth-order valence-corrected chi connectivity index (χ4v) is 2.51. The van der Waals surface area contributed by atoms with Gasteiger partial charge in [0.05, 0.1) is 6.42 Å². The number of aromatic nitrogens is 1. The monoisotopic (exact) mass is 338 g/mol. The van der Waals surface area contributed by atoms with Gasteiger partial charge in [0.2, 0.25) is 0 Å². The highest BCUT2D eigenvalue weighted by Gasteiger charge is 2.25. The first-order valence-corrected chi connectivity index (χ1v) is 7.65. The van der Waals surface area contributed by atoms with Crippen molar-refractivity contribution in [2.75, 3.05) is 7.05 Å². The van der Waals surface area contributed by atoms with E-state index in [1.165, 1.54) is 25.2 Å². The molecule has 0 saturated carbocycles. The Labute approximate surface area is 143 Å². The lowest BCUT2D eigenvalue weighted by atomic mass is 10.0. The summed E-state index contributed by atoms with van der Waals surface area (Å²) in [4.78, 5) is 24.7. The predicted molar refractivity (Wildman–Crippen MR) is 89.8 cm³/mol. The Morgan fingerprint density at radius 1 is 1.12 bits per heavy atom. The molecule has 1 heterocycles. The first-order chi connectivity index (χ1) is 12.1. The van der Waals surface area contributed by atoms with Crippen molar-refractivity contribution in [1.29, 1.82) is 0 Å². The molecule has 1 N–H and O–H groups in total. The normalized spacial score (nSPS) is 10.5. The number of carbonyl (C=O) groups excluding carboxylic acids is 2. The summed E-state index contributed by atoms with van der Waals surface area (Å²) < 4.78 is 18.6. The first-order valence-electron chi connectivity index (χ1n) is 7.65. The molecule has 3 rings (SSSR count). The SMILES string of the molecule is CNC(=O)c1c(-c2ccccc2)noc1CC(=O)c1cccc(F)c1. The predicted octanol–water partition coefficient (Wildman–Crippen LogP) is 3.27. The number of benzene rings is 2. The number of carbonyl (C=O) groups is 2. The molecule has 0 unspecified atom stereocenters. The van der Waals surface area contributed by atoms with E-state index in [0.717, 1.165) is 6.07 Å². The highest BCUT2D eigenvalue weighted by atomic mass is 19.1. The fraction of sp³-hybridized carbons (Fsp3) is 0.105. The number of Topliss-reactive ketones (excluding diaryl/α,β-unsaturated/α-hetero) is 1. The second-order valence-corrected chi connectivity index (χ2v) is 5.38. The van der Waals surface area contributed by atoms with Gasteiger partial charge in [-0.3, -0.25) is 9.59 Å². The van der Waals surface area contributed by atoms with Crippen molar-refractivity contribution in [3.8, 4) is 11.3 Å². The molecule has 0 atom stereocenters. The smallest absolute Gasteiger partial charge is 0.256 e. The van der Waals surface area contributed by atoms with Gasteiger partial charge < -0.3 is 9.84 Å². The molecule has 25 heavy (non-hydrogen) atoms. The average molecular weight is 338 g/mol. The molecule has 0 radical (unpaired) electrons. The Morgan fingerprint density at radius 2 is 1.88 bits per heavy atom. The van der Waals surface area contributed by atoms with E-state index in [0.29, 0.717) is 11.3 Å². The fourth-order valence-electron chi connectivity index (χ4n) is 2.51. The third kappa shape index (κ3) is 3.47. The molecule has 0 fully saturated rings. The molecule has 0 spiro atoms. The number of rotatable bonds is 5. The number of amides is 1. The number of hydrogen-bond acceptors (Lipinski definition) is 4. The van der Waals surface area contributed by atoms with Crippen molar-refractivity contribution >= 4 is 11.7 Å². The third-order valence-corrected chi connectivity index (χ3v) is 3.73. The average Bonchev–Trinajstić information content (AvgIpc) is 3.05. The summed E-state index contributed by atoms with van der Waals surface area (Å²) in [6.45, 7) is 0. The van der Waals surface area contributed by atoms with E-state index in [9.17, 15) is 14.0 Å². The Bertz CT molecular complexity index is 919. The van der Waals surface area contributed by atoms with Crippen LogP contribution in [0.25, 0.3) is 11.3 Å². The Kier molecular flexibility index (Phi) is 4.70. The maximum atomic E-state index is 13.3. The van der Waals surface area contributed by atoms with Crippen LogP contribution in [0.2, 0.25) is 0 Å². The number of ketones is 1. The van der Waals surface area contributed by atoms with Crippen molar-refractivity contribution in [2.24, 2.45) is 0 Å². The summed E-state index contributed by atoms with van der Waals surface area (Å²) in [6, 6.07) is 14.4. The number of halogens is 1. The standard InChI is InChI=1S/C19H15FN2O3/c1-21-19(24)17-16(11-15(23)13-8-5-9-14(20)10-13)25-22-18(17)12-6-3-2-4-7-12/h2-10H,11H2,1H3,(H,21,24). The number of hydrogen-bond donors (Lipinski definition) is 1. The minimum absolute atomic E-state index is 0.146. The van der Waals surface area contributed by atoms with Gasteiger partial charge in [0.15, 0.2) is 11.5 Å². The molecule has 1 amide bonds. The van der Waals surface area contributed by atoms with Crippen LogP contribution in [0.4, 0.5) is 4.39 Å². The van der Waals surface area contributed by atoms with Crippen LogP contribution >= 0.6 is 0 Å². The molecule has 0 bridgehead atoms. The molecule has 0 saturated heterocycles. The highest BCUT2D eigenvalue weighted by molar-refractivity contribution is 6.03. The molecule has 126 valence electrons. The van der Waals surface area contributed by atoms with E-state index in [-0.39, 0.29) is 29.1 Å². The Balaban J connectivity index is 1.98. The zero-order valence-corrected chi connectivity index (χ0v) is 13.5. The van der Waals surface area contributed by atoms with Crippen molar-refractivity contribution in [3.05, 3.63) is 77.3 Å². The van der Waals surface area contributed by atoms with Gasteiger partial charge in [-0.15, -0.1) is 0 Å². The van der Waals surface area contributed by atoms with E-state index in [2.05, 4.69) is 10.5 Å². The molecular weight excluding hydrogens is 323 g/mol. The molecule has 2 aromatic carbocycles. The maximum absolute atomic E-state index is 13.3. The summed E-state index contributed by atoms with van der Waals surface area (Å²) in [7, 11) is 1.49. The molecule has 3 aromatic rings. The lowest BCUT2D eigenvalue weighted by Crippen LogP contribution is -2.20. The summed E-state index contributed by atoms with van der Waals surface area (Å²) >= 11 is 0. The molecule has 0 aliphatic rings. The quantitative estimate of drug-likeness (QED) is 0.725. The lowest BCUT2D eigenvalue weighted by molar-refractivity contribution is 0.0960. The van der Waals surface area contributed by atoms with Crippen molar-refractivity contribution in [2.45, 2.75) is 6.42 Å². The summed E-state index contributed by atoms with van der Waals surface area (Å²) in [6.07, 6.45) is -0.188. The van der Waals surface area contributed by atoms with E-state index >= 15 is 0 Å². The van der Waals surface area contributed by atoms with Gasteiger partial charge in [0.25, 0.3) is 5.91 Å². The molecular formula is C19H15FN2O3. The van der Waals surface area contributed by atoms with E-state index < -0.39 is 11.7 Å². The highest BCUT2D eigenvalue weighted by Crippen LogP contribution is 2.26. The van der Waals surface area contributed by atoms with Gasteiger partial charge in [0.1, 0.15) is 17.1 Å². The largest absolute Gasteiger partial charge is 0.359 e. The Hall–Kier alpha value is -3.28. The van der Waals surface area contributed by atoms with Crippen LogP contribution < -0.4 is 5.32 Å². The van der Waals surface area contributed by atoms with Gasteiger partial charge in [-0.05, 0) is 12.1 Å². The maximum Gasteiger partial charge on any atom is 0.256 e. The zero-order valence-electron chi connectivity index (χ0n) is 13.5. The van der Waals surface area contributed by atoms with Crippen LogP contribution in [0.15, 0.2) is 59.1 Å². The summed E-state index contributed by atoms with van der Waals surface area (Å²) in [5.41, 5.74) is 1.48. The van der Waals surface area contributed by atoms with Crippen molar-refractivity contribution < 1.29 is 18.5 Å². The minimum Gasteiger partial charge on any atom is -0.359 e. The molecule has 5 nitrogen and oxygen atoms in total. The molecule has 6 heteroatoms. The minimum atomic E-state index is -0.500. The van der Waals surface area contributed by atoms with Gasteiger partial charge in [-0.2, -0.15) is 0 Å².